The van der Waals surface area contributed by atoms with E-state index in [1.165, 1.54) is 0 Å². The highest BCUT2D eigenvalue weighted by molar-refractivity contribution is 6.17. The van der Waals surface area contributed by atoms with Gasteiger partial charge in [-0.1, -0.05) is 0 Å². The Morgan fingerprint density at radius 1 is 1.47 bits per heavy atom. The van der Waals surface area contributed by atoms with E-state index in [4.69, 9.17) is 16.3 Å². The van der Waals surface area contributed by atoms with Crippen molar-refractivity contribution < 1.29 is 4.74 Å². The van der Waals surface area contributed by atoms with Gasteiger partial charge in [0.1, 0.15) is 0 Å². The molecule has 0 spiro atoms. The zero-order valence-corrected chi connectivity index (χ0v) is 11.1. The number of hydrogen-bond acceptors (Lipinski definition) is 4. The van der Waals surface area contributed by atoms with Crippen LogP contribution in [0.3, 0.4) is 0 Å². The largest absolute Gasteiger partial charge is 0.381 e. The molecule has 17 heavy (non-hydrogen) atoms. The van der Waals surface area contributed by atoms with Crippen molar-refractivity contribution in [1.82, 2.24) is 9.97 Å². The highest BCUT2D eigenvalue weighted by Crippen LogP contribution is 2.19. The number of ether oxygens (including phenoxy) is 1. The molecule has 1 aromatic heterocycles. The van der Waals surface area contributed by atoms with Gasteiger partial charge >= 0.3 is 0 Å². The molecule has 4 nitrogen and oxygen atoms in total. The Labute approximate surface area is 107 Å². The number of nitrogens with zero attached hydrogens (tertiary/aromatic N) is 3. The van der Waals surface area contributed by atoms with Crippen LogP contribution >= 0.6 is 11.6 Å². The Hall–Kier alpha value is -0.870. The highest BCUT2D eigenvalue weighted by Gasteiger charge is 2.20. The Bertz CT molecular complexity index is 378. The number of anilines is 1. The average molecular weight is 256 g/mol. The van der Waals surface area contributed by atoms with Crippen LogP contribution in [0.15, 0.2) is 6.20 Å². The first-order valence-corrected chi connectivity index (χ1v) is 6.44. The molecular formula is C12H18ClN3O. The number of hydrogen-bond donors (Lipinski definition) is 0. The molecule has 1 aliphatic rings. The van der Waals surface area contributed by atoms with Crippen LogP contribution in [0.1, 0.15) is 24.1 Å². The summed E-state index contributed by atoms with van der Waals surface area (Å²) in [6.07, 6.45) is 4.29. The third-order valence-electron chi connectivity index (χ3n) is 3.27. The Morgan fingerprint density at radius 3 is 2.71 bits per heavy atom. The standard InChI is InChI=1S/C12H18ClN3O/c1-9-10(7-13)8-14-12(15-9)16-5-3-11(17-2)4-6-16/h8,11H,3-7H2,1-2H3. The second-order valence-electron chi connectivity index (χ2n) is 4.34. The maximum atomic E-state index is 5.80. The summed E-state index contributed by atoms with van der Waals surface area (Å²) in [6, 6.07) is 0. The predicted molar refractivity (Wildman–Crippen MR) is 68.6 cm³/mol. The smallest absolute Gasteiger partial charge is 0.225 e. The van der Waals surface area contributed by atoms with Crippen LogP contribution in [0.4, 0.5) is 5.95 Å². The van der Waals surface area contributed by atoms with Crippen LogP contribution in [-0.2, 0) is 10.6 Å². The maximum absolute atomic E-state index is 5.80. The van der Waals surface area contributed by atoms with Crippen LogP contribution in [0, 0.1) is 6.92 Å². The van der Waals surface area contributed by atoms with Gasteiger partial charge in [0.25, 0.3) is 0 Å². The number of alkyl halides is 1. The Kier molecular flexibility index (Phi) is 4.18. The van der Waals surface area contributed by atoms with E-state index < -0.39 is 0 Å². The third-order valence-corrected chi connectivity index (χ3v) is 3.56. The van der Waals surface area contributed by atoms with Crippen molar-refractivity contribution in [3.8, 4) is 0 Å². The van der Waals surface area contributed by atoms with Crippen LogP contribution in [0.5, 0.6) is 0 Å². The summed E-state index contributed by atoms with van der Waals surface area (Å²) in [4.78, 5) is 11.1. The molecule has 0 unspecified atom stereocenters. The third kappa shape index (κ3) is 2.87. The highest BCUT2D eigenvalue weighted by atomic mass is 35.5. The van der Waals surface area contributed by atoms with Gasteiger partial charge in [0.05, 0.1) is 12.0 Å². The fraction of sp³-hybridized carbons (Fsp3) is 0.667. The van der Waals surface area contributed by atoms with Crippen LogP contribution in [0.25, 0.3) is 0 Å². The molecule has 0 saturated carbocycles. The van der Waals surface area contributed by atoms with Crippen molar-refractivity contribution in [2.45, 2.75) is 31.7 Å². The first-order chi connectivity index (χ1) is 8.24. The van der Waals surface area contributed by atoms with E-state index >= 15 is 0 Å². The van der Waals surface area contributed by atoms with Crippen LogP contribution in [0.2, 0.25) is 0 Å². The molecule has 5 heteroatoms. The summed E-state index contributed by atoms with van der Waals surface area (Å²) in [7, 11) is 1.77. The molecule has 0 bridgehead atoms. The van der Waals surface area contributed by atoms with Gasteiger partial charge < -0.3 is 9.64 Å². The summed E-state index contributed by atoms with van der Waals surface area (Å²) in [6.45, 7) is 3.89. The molecule has 0 N–H and O–H groups in total. The summed E-state index contributed by atoms with van der Waals surface area (Å²) < 4.78 is 5.35. The quantitative estimate of drug-likeness (QED) is 0.776. The molecular weight excluding hydrogens is 238 g/mol. The number of aromatic nitrogens is 2. The molecule has 0 aliphatic carbocycles. The molecule has 1 saturated heterocycles. The number of piperidine rings is 1. The first-order valence-electron chi connectivity index (χ1n) is 5.91. The lowest BCUT2D eigenvalue weighted by Gasteiger charge is -2.31. The minimum atomic E-state index is 0.384. The fourth-order valence-electron chi connectivity index (χ4n) is 2.05. The van der Waals surface area contributed by atoms with Crippen molar-refractivity contribution in [1.29, 1.82) is 0 Å². The monoisotopic (exact) mass is 255 g/mol. The maximum Gasteiger partial charge on any atom is 0.225 e. The zero-order chi connectivity index (χ0) is 12.3. The van der Waals surface area contributed by atoms with Crippen molar-refractivity contribution in [3.05, 3.63) is 17.5 Å². The number of aryl methyl sites for hydroxylation is 1. The van der Waals surface area contributed by atoms with E-state index in [0.29, 0.717) is 12.0 Å². The summed E-state index contributed by atoms with van der Waals surface area (Å²) in [5, 5.41) is 0. The van der Waals surface area contributed by atoms with E-state index in [9.17, 15) is 0 Å². The van der Waals surface area contributed by atoms with Crippen LogP contribution < -0.4 is 4.90 Å². The molecule has 0 atom stereocenters. The molecule has 2 heterocycles. The number of rotatable bonds is 3. The van der Waals surface area contributed by atoms with E-state index in [-0.39, 0.29) is 0 Å². The predicted octanol–water partition coefficient (Wildman–Crippen LogP) is 2.14. The van der Waals surface area contributed by atoms with E-state index in [2.05, 4.69) is 14.9 Å². The minimum absolute atomic E-state index is 0.384. The summed E-state index contributed by atoms with van der Waals surface area (Å²) in [5.41, 5.74) is 1.97. The second-order valence-corrected chi connectivity index (χ2v) is 4.60. The van der Waals surface area contributed by atoms with Gasteiger partial charge in [-0.25, -0.2) is 9.97 Å². The van der Waals surface area contributed by atoms with Crippen molar-refractivity contribution in [3.63, 3.8) is 0 Å². The van der Waals surface area contributed by atoms with Crippen LogP contribution in [-0.4, -0.2) is 36.3 Å². The van der Waals surface area contributed by atoms with Crippen molar-refractivity contribution in [2.75, 3.05) is 25.1 Å². The molecule has 1 aliphatic heterocycles. The van der Waals surface area contributed by atoms with Crippen molar-refractivity contribution in [2.24, 2.45) is 0 Å². The molecule has 2 rings (SSSR count). The fourth-order valence-corrected chi connectivity index (χ4v) is 2.32. The Morgan fingerprint density at radius 2 is 2.18 bits per heavy atom. The van der Waals surface area contributed by atoms with E-state index in [1.54, 1.807) is 7.11 Å². The number of methoxy groups -OCH3 is 1. The van der Waals surface area contributed by atoms with Gasteiger partial charge in [-0.2, -0.15) is 0 Å². The normalized spacial score (nSPS) is 17.5. The lowest BCUT2D eigenvalue weighted by Crippen LogP contribution is -2.37. The summed E-state index contributed by atoms with van der Waals surface area (Å²) >= 11 is 5.80. The molecule has 0 aromatic carbocycles. The van der Waals surface area contributed by atoms with E-state index in [0.717, 1.165) is 43.1 Å². The molecule has 0 amide bonds. The van der Waals surface area contributed by atoms with E-state index in [1.807, 2.05) is 13.1 Å². The van der Waals surface area contributed by atoms with Gasteiger partial charge in [-0.3, -0.25) is 0 Å². The minimum Gasteiger partial charge on any atom is -0.381 e. The van der Waals surface area contributed by atoms with Gasteiger partial charge in [0.15, 0.2) is 0 Å². The lowest BCUT2D eigenvalue weighted by molar-refractivity contribution is 0.0816. The second kappa shape index (κ2) is 5.65. The van der Waals surface area contributed by atoms with Gasteiger partial charge in [0, 0.05) is 37.7 Å². The van der Waals surface area contributed by atoms with Gasteiger partial charge in [-0.15, -0.1) is 11.6 Å². The molecule has 0 radical (unpaired) electrons. The van der Waals surface area contributed by atoms with Crippen molar-refractivity contribution >= 4 is 17.5 Å². The lowest BCUT2D eigenvalue weighted by atomic mass is 10.1. The number of halogens is 1. The van der Waals surface area contributed by atoms with Gasteiger partial charge in [0.2, 0.25) is 5.95 Å². The summed E-state index contributed by atoms with van der Waals surface area (Å²) in [5.74, 6) is 1.28. The molecule has 94 valence electrons. The molecule has 1 aromatic rings. The van der Waals surface area contributed by atoms with Gasteiger partial charge in [-0.05, 0) is 19.8 Å². The Balaban J connectivity index is 2.06. The topological polar surface area (TPSA) is 38.2 Å². The first kappa shape index (κ1) is 12.6. The zero-order valence-electron chi connectivity index (χ0n) is 10.3. The molecule has 1 fully saturated rings. The SMILES string of the molecule is COC1CCN(c2ncc(CCl)c(C)n2)CC1. The average Bonchev–Trinajstić information content (AvgIpc) is 2.39.